The SMILES string of the molecule is CCCCCCC(C)Oc1c(CC2=NCCc3cc(OC)c(OC)cc32)ccc(OC)c1CCc1ccc(C(C)(C)C)cc1. The van der Waals surface area contributed by atoms with Crippen LogP contribution in [-0.2, 0) is 31.1 Å². The van der Waals surface area contributed by atoms with Gasteiger partial charge in [0.2, 0.25) is 0 Å². The number of methoxy groups -OCH3 is 3. The van der Waals surface area contributed by atoms with Gasteiger partial charge < -0.3 is 18.9 Å². The average Bonchev–Trinajstić information content (AvgIpc) is 3.02. The number of ether oxygens (including phenoxy) is 4. The molecule has 0 spiro atoms. The van der Waals surface area contributed by atoms with Crippen LogP contribution < -0.4 is 18.9 Å². The summed E-state index contributed by atoms with van der Waals surface area (Å²) < 4.78 is 24.1. The van der Waals surface area contributed by atoms with E-state index in [4.69, 9.17) is 23.9 Å². The van der Waals surface area contributed by atoms with Crippen LogP contribution in [0.2, 0.25) is 0 Å². The van der Waals surface area contributed by atoms with E-state index in [9.17, 15) is 0 Å². The minimum Gasteiger partial charge on any atom is -0.496 e. The second-order valence-corrected chi connectivity index (χ2v) is 13.1. The van der Waals surface area contributed by atoms with Crippen molar-refractivity contribution < 1.29 is 18.9 Å². The highest BCUT2D eigenvalue weighted by atomic mass is 16.5. The Morgan fingerprint density at radius 2 is 1.52 bits per heavy atom. The molecular weight excluding hydrogens is 546 g/mol. The van der Waals surface area contributed by atoms with E-state index in [1.165, 1.54) is 42.4 Å². The van der Waals surface area contributed by atoms with Gasteiger partial charge in [-0.2, -0.15) is 0 Å². The van der Waals surface area contributed by atoms with E-state index < -0.39 is 0 Å². The summed E-state index contributed by atoms with van der Waals surface area (Å²) in [6, 6.07) is 17.5. The van der Waals surface area contributed by atoms with Crippen LogP contribution in [0.25, 0.3) is 0 Å². The molecule has 0 saturated heterocycles. The topological polar surface area (TPSA) is 49.3 Å². The zero-order chi connectivity index (χ0) is 31.7. The molecule has 1 aliphatic rings. The monoisotopic (exact) mass is 599 g/mol. The molecule has 5 nitrogen and oxygen atoms in total. The number of unbranched alkanes of at least 4 members (excludes halogenated alkanes) is 3. The lowest BCUT2D eigenvalue weighted by Crippen LogP contribution is -2.19. The largest absolute Gasteiger partial charge is 0.496 e. The quantitative estimate of drug-likeness (QED) is 0.164. The molecule has 5 heteroatoms. The van der Waals surface area contributed by atoms with Crippen LogP contribution in [-0.4, -0.2) is 39.7 Å². The fraction of sp³-hybridized carbons (Fsp3) is 0.513. The molecule has 1 atom stereocenters. The molecule has 1 unspecified atom stereocenters. The van der Waals surface area contributed by atoms with E-state index in [-0.39, 0.29) is 11.5 Å². The molecule has 1 heterocycles. The lowest BCUT2D eigenvalue weighted by Gasteiger charge is -2.24. The molecule has 3 aromatic rings. The molecule has 0 aliphatic carbocycles. The second-order valence-electron chi connectivity index (χ2n) is 13.1. The molecule has 1 aliphatic heterocycles. The van der Waals surface area contributed by atoms with Crippen molar-refractivity contribution in [2.24, 2.45) is 4.99 Å². The normalized spacial score (nSPS) is 13.6. The highest BCUT2D eigenvalue weighted by Gasteiger charge is 2.23. The van der Waals surface area contributed by atoms with Crippen molar-refractivity contribution in [2.75, 3.05) is 27.9 Å². The molecule has 3 aromatic carbocycles. The molecule has 0 N–H and O–H groups in total. The predicted molar refractivity (Wildman–Crippen MR) is 183 cm³/mol. The van der Waals surface area contributed by atoms with Crippen molar-refractivity contribution in [3.63, 3.8) is 0 Å². The van der Waals surface area contributed by atoms with Crippen LogP contribution in [0, 0.1) is 0 Å². The molecule has 0 saturated carbocycles. The molecular formula is C39H53NO4. The van der Waals surface area contributed by atoms with Crippen LogP contribution in [0.15, 0.2) is 53.5 Å². The fourth-order valence-corrected chi connectivity index (χ4v) is 6.06. The number of hydrogen-bond donors (Lipinski definition) is 0. The minimum atomic E-state index is 0.104. The zero-order valence-corrected chi connectivity index (χ0v) is 28.3. The molecule has 0 fully saturated rings. The Balaban J connectivity index is 1.68. The third-order valence-corrected chi connectivity index (χ3v) is 8.75. The summed E-state index contributed by atoms with van der Waals surface area (Å²) in [5, 5.41) is 0. The van der Waals surface area contributed by atoms with E-state index in [0.717, 1.165) is 77.6 Å². The summed E-state index contributed by atoms with van der Waals surface area (Å²) in [5.74, 6) is 3.32. The number of nitrogens with zero attached hydrogens (tertiary/aromatic N) is 1. The number of rotatable bonds is 15. The van der Waals surface area contributed by atoms with E-state index in [0.29, 0.717) is 6.42 Å². The van der Waals surface area contributed by atoms with Gasteiger partial charge in [0.05, 0.1) is 27.4 Å². The maximum absolute atomic E-state index is 6.88. The van der Waals surface area contributed by atoms with Crippen molar-refractivity contribution in [3.8, 4) is 23.0 Å². The summed E-state index contributed by atoms with van der Waals surface area (Å²) in [6.45, 7) is 12.0. The standard InChI is InChI=1S/C39H53NO4/c1-9-10-11-12-13-27(2)44-38-30(24-34-33-26-37(43-8)36(42-7)25-29(33)22-23-40-34)17-21-35(41-6)32(38)20-16-28-14-18-31(19-15-28)39(3,4)5/h14-15,17-19,21,25-27H,9-13,16,20,22-24H2,1-8H3. The molecule has 0 aromatic heterocycles. The van der Waals surface area contributed by atoms with Crippen LogP contribution in [0.4, 0.5) is 0 Å². The first kappa shape index (κ1) is 33.4. The maximum atomic E-state index is 6.88. The Labute approximate surface area is 266 Å². The summed E-state index contributed by atoms with van der Waals surface area (Å²) in [7, 11) is 5.13. The smallest absolute Gasteiger partial charge is 0.161 e. The third-order valence-electron chi connectivity index (χ3n) is 8.75. The van der Waals surface area contributed by atoms with Gasteiger partial charge in [0, 0.05) is 35.4 Å². The van der Waals surface area contributed by atoms with Crippen molar-refractivity contribution in [3.05, 3.63) is 81.9 Å². The van der Waals surface area contributed by atoms with Crippen LogP contribution in [0.3, 0.4) is 0 Å². The molecule has 0 bridgehead atoms. The fourth-order valence-electron chi connectivity index (χ4n) is 6.06. The van der Waals surface area contributed by atoms with Crippen molar-refractivity contribution in [1.82, 2.24) is 0 Å². The van der Waals surface area contributed by atoms with Gasteiger partial charge in [-0.15, -0.1) is 0 Å². The van der Waals surface area contributed by atoms with Gasteiger partial charge in [-0.3, -0.25) is 4.99 Å². The minimum absolute atomic E-state index is 0.104. The third kappa shape index (κ3) is 8.37. The van der Waals surface area contributed by atoms with Gasteiger partial charge in [-0.1, -0.05) is 77.3 Å². The molecule has 238 valence electrons. The van der Waals surface area contributed by atoms with Gasteiger partial charge in [0.1, 0.15) is 11.5 Å². The Kier molecular flexibility index (Phi) is 11.8. The Morgan fingerprint density at radius 1 is 0.818 bits per heavy atom. The highest BCUT2D eigenvalue weighted by Crippen LogP contribution is 2.38. The summed E-state index contributed by atoms with van der Waals surface area (Å²) >= 11 is 0. The first-order valence-corrected chi connectivity index (χ1v) is 16.4. The van der Waals surface area contributed by atoms with Crippen molar-refractivity contribution in [2.45, 2.75) is 104 Å². The van der Waals surface area contributed by atoms with E-state index >= 15 is 0 Å². The van der Waals surface area contributed by atoms with E-state index in [1.54, 1.807) is 21.3 Å². The van der Waals surface area contributed by atoms with E-state index in [1.807, 2.05) is 0 Å². The lowest BCUT2D eigenvalue weighted by atomic mass is 9.86. The van der Waals surface area contributed by atoms with Gasteiger partial charge in [-0.05, 0) is 79.3 Å². The first-order chi connectivity index (χ1) is 21.2. The molecule has 4 rings (SSSR count). The van der Waals surface area contributed by atoms with Crippen LogP contribution >= 0.6 is 0 Å². The Morgan fingerprint density at radius 3 is 2.18 bits per heavy atom. The summed E-state index contributed by atoms with van der Waals surface area (Å²) in [6.07, 6.45) is 9.36. The van der Waals surface area contributed by atoms with Crippen molar-refractivity contribution >= 4 is 5.71 Å². The molecule has 0 radical (unpaired) electrons. The van der Waals surface area contributed by atoms with Gasteiger partial charge in [0.15, 0.2) is 11.5 Å². The molecule has 0 amide bonds. The van der Waals surface area contributed by atoms with Crippen LogP contribution in [0.1, 0.15) is 100 Å². The maximum Gasteiger partial charge on any atom is 0.161 e. The molecule has 44 heavy (non-hydrogen) atoms. The van der Waals surface area contributed by atoms with E-state index in [2.05, 4.69) is 83.1 Å². The second kappa shape index (κ2) is 15.5. The summed E-state index contributed by atoms with van der Waals surface area (Å²) in [5.41, 5.74) is 8.51. The summed E-state index contributed by atoms with van der Waals surface area (Å²) in [4.78, 5) is 5.01. The Bertz CT molecular complexity index is 1400. The predicted octanol–water partition coefficient (Wildman–Crippen LogP) is 9.12. The van der Waals surface area contributed by atoms with Gasteiger partial charge in [0.25, 0.3) is 0 Å². The first-order valence-electron chi connectivity index (χ1n) is 16.4. The Hall–Kier alpha value is -3.47. The lowest BCUT2D eigenvalue weighted by molar-refractivity contribution is 0.201. The number of fused-ring (bicyclic) bond motifs is 1. The highest BCUT2D eigenvalue weighted by molar-refractivity contribution is 6.04. The van der Waals surface area contributed by atoms with Crippen LogP contribution in [0.5, 0.6) is 23.0 Å². The van der Waals surface area contributed by atoms with Crippen molar-refractivity contribution in [1.29, 1.82) is 0 Å². The number of aryl methyl sites for hydroxylation is 1. The average molecular weight is 600 g/mol. The zero-order valence-electron chi connectivity index (χ0n) is 28.3. The number of hydrogen-bond acceptors (Lipinski definition) is 5. The van der Waals surface area contributed by atoms with Gasteiger partial charge >= 0.3 is 0 Å². The number of benzene rings is 3. The number of aliphatic imine (C=N–C) groups is 1. The van der Waals surface area contributed by atoms with Gasteiger partial charge in [-0.25, -0.2) is 0 Å².